The fourth-order valence-electron chi connectivity index (χ4n) is 0.815. The van der Waals surface area contributed by atoms with Crippen molar-refractivity contribution in [2.75, 3.05) is 13.2 Å². The molecule has 1 saturated heterocycles. The minimum atomic E-state index is -0.806. The predicted octanol–water partition coefficient (Wildman–Crippen LogP) is 0.224. The van der Waals surface area contributed by atoms with Crippen LogP contribution in [0.4, 0.5) is 0 Å². The van der Waals surface area contributed by atoms with Gasteiger partial charge in [0.25, 0.3) is 0 Å². The molecule has 0 unspecified atom stereocenters. The summed E-state index contributed by atoms with van der Waals surface area (Å²) in [7, 11) is 0. The fourth-order valence-corrected chi connectivity index (χ4v) is 0.815. The van der Waals surface area contributed by atoms with E-state index in [1.54, 1.807) is 0 Å². The molecule has 4 heteroatoms. The number of hydrogen-bond acceptors (Lipinski definition) is 3. The second-order valence-corrected chi connectivity index (χ2v) is 2.10. The van der Waals surface area contributed by atoms with Gasteiger partial charge in [-0.2, -0.15) is 0 Å². The molecule has 4 nitrogen and oxygen atoms in total. The van der Waals surface area contributed by atoms with Crippen LogP contribution in [0.5, 0.6) is 0 Å². The van der Waals surface area contributed by atoms with Crippen molar-refractivity contribution >= 4 is 5.97 Å². The highest BCUT2D eigenvalue weighted by atomic mass is 16.7. The molecule has 1 rings (SSSR count). The number of ether oxygens (including phenoxy) is 2. The van der Waals surface area contributed by atoms with E-state index in [4.69, 9.17) is 14.6 Å². The first kappa shape index (κ1) is 7.50. The largest absolute Gasteiger partial charge is 0.481 e. The molecule has 1 heterocycles. The highest BCUT2D eigenvalue weighted by Gasteiger charge is 2.16. The van der Waals surface area contributed by atoms with Crippen LogP contribution in [0.2, 0.25) is 0 Å². The molecule has 0 spiro atoms. The van der Waals surface area contributed by atoms with Gasteiger partial charge in [0.1, 0.15) is 0 Å². The Morgan fingerprint density at radius 2 is 2.10 bits per heavy atom. The van der Waals surface area contributed by atoms with E-state index in [0.717, 1.165) is 0 Å². The SMILES string of the molecule is O=C(O)CCC1OCCO1. The minimum Gasteiger partial charge on any atom is -0.481 e. The Morgan fingerprint density at radius 3 is 2.60 bits per heavy atom. The topological polar surface area (TPSA) is 55.8 Å². The van der Waals surface area contributed by atoms with E-state index >= 15 is 0 Å². The van der Waals surface area contributed by atoms with Crippen LogP contribution in [0.3, 0.4) is 0 Å². The molecule has 0 amide bonds. The molecule has 58 valence electrons. The van der Waals surface area contributed by atoms with Gasteiger partial charge in [-0.3, -0.25) is 4.79 Å². The summed E-state index contributed by atoms with van der Waals surface area (Å²) >= 11 is 0. The van der Waals surface area contributed by atoms with E-state index < -0.39 is 5.97 Å². The van der Waals surface area contributed by atoms with Crippen molar-refractivity contribution in [3.63, 3.8) is 0 Å². The molecular weight excluding hydrogens is 136 g/mol. The van der Waals surface area contributed by atoms with Crippen molar-refractivity contribution in [2.45, 2.75) is 19.1 Å². The van der Waals surface area contributed by atoms with E-state index in [1.807, 2.05) is 0 Å². The molecule has 0 bridgehead atoms. The summed E-state index contributed by atoms with van der Waals surface area (Å²) in [6.07, 6.45) is 0.288. The summed E-state index contributed by atoms with van der Waals surface area (Å²) < 4.78 is 10.0. The predicted molar refractivity (Wildman–Crippen MR) is 32.6 cm³/mol. The number of carboxylic acid groups (broad SMARTS) is 1. The van der Waals surface area contributed by atoms with Crippen LogP contribution >= 0.6 is 0 Å². The van der Waals surface area contributed by atoms with Gasteiger partial charge in [0.15, 0.2) is 6.29 Å². The quantitative estimate of drug-likeness (QED) is 0.619. The molecule has 0 atom stereocenters. The van der Waals surface area contributed by atoms with Gasteiger partial charge in [0.2, 0.25) is 0 Å². The summed E-state index contributed by atoms with van der Waals surface area (Å²) in [5, 5.41) is 8.26. The van der Waals surface area contributed by atoms with Crippen LogP contribution in [-0.2, 0) is 14.3 Å². The maximum atomic E-state index is 10.0. The van der Waals surface area contributed by atoms with Gasteiger partial charge < -0.3 is 14.6 Å². The highest BCUT2D eigenvalue weighted by molar-refractivity contribution is 5.66. The molecule has 0 aliphatic carbocycles. The van der Waals surface area contributed by atoms with Gasteiger partial charge in [0, 0.05) is 6.42 Å². The molecule has 0 aromatic heterocycles. The van der Waals surface area contributed by atoms with Gasteiger partial charge in [-0.1, -0.05) is 0 Å². The molecule has 0 aromatic carbocycles. The zero-order chi connectivity index (χ0) is 7.40. The standard InChI is InChI=1S/C6H10O4/c7-5(8)1-2-6-9-3-4-10-6/h6H,1-4H2,(H,7,8). The average Bonchev–Trinajstić information content (AvgIpc) is 2.34. The van der Waals surface area contributed by atoms with Crippen LogP contribution < -0.4 is 0 Å². The van der Waals surface area contributed by atoms with Gasteiger partial charge in [0.05, 0.1) is 19.6 Å². The maximum absolute atomic E-state index is 10.0. The number of carboxylic acids is 1. The van der Waals surface area contributed by atoms with Gasteiger partial charge in [-0.25, -0.2) is 0 Å². The van der Waals surface area contributed by atoms with Crippen LogP contribution in [0.25, 0.3) is 0 Å². The normalized spacial score (nSPS) is 19.6. The summed E-state index contributed by atoms with van der Waals surface area (Å²) in [5.41, 5.74) is 0. The number of rotatable bonds is 3. The zero-order valence-corrected chi connectivity index (χ0v) is 5.58. The molecule has 1 aliphatic rings. The van der Waals surface area contributed by atoms with Gasteiger partial charge in [-0.15, -0.1) is 0 Å². The third kappa shape index (κ3) is 2.33. The summed E-state index contributed by atoms with van der Waals surface area (Å²) in [6.45, 7) is 1.18. The first-order valence-corrected chi connectivity index (χ1v) is 3.24. The first-order chi connectivity index (χ1) is 4.79. The molecule has 1 N–H and O–H groups in total. The average molecular weight is 146 g/mol. The Kier molecular flexibility index (Phi) is 2.65. The van der Waals surface area contributed by atoms with Crippen molar-refractivity contribution in [3.8, 4) is 0 Å². The van der Waals surface area contributed by atoms with Gasteiger partial charge >= 0.3 is 5.97 Å². The second-order valence-electron chi connectivity index (χ2n) is 2.10. The van der Waals surface area contributed by atoms with Crippen molar-refractivity contribution < 1.29 is 19.4 Å². The fraction of sp³-hybridized carbons (Fsp3) is 0.833. The summed E-state index contributed by atoms with van der Waals surface area (Å²) in [4.78, 5) is 10.0. The Labute approximate surface area is 58.7 Å². The van der Waals surface area contributed by atoms with Gasteiger partial charge in [-0.05, 0) is 0 Å². The second kappa shape index (κ2) is 3.53. The molecule has 0 aromatic rings. The Morgan fingerprint density at radius 1 is 1.50 bits per heavy atom. The van der Waals surface area contributed by atoms with E-state index in [1.165, 1.54) is 0 Å². The summed E-state index contributed by atoms with van der Waals surface area (Å²) in [6, 6.07) is 0. The molecule has 10 heavy (non-hydrogen) atoms. The third-order valence-corrected chi connectivity index (χ3v) is 1.28. The lowest BCUT2D eigenvalue weighted by atomic mass is 10.3. The monoisotopic (exact) mass is 146 g/mol. The lowest BCUT2D eigenvalue weighted by Crippen LogP contribution is -2.09. The van der Waals surface area contributed by atoms with E-state index in [2.05, 4.69) is 0 Å². The zero-order valence-electron chi connectivity index (χ0n) is 5.58. The minimum absolute atomic E-state index is 0.116. The van der Waals surface area contributed by atoms with E-state index in [-0.39, 0.29) is 12.7 Å². The first-order valence-electron chi connectivity index (χ1n) is 3.24. The number of aliphatic carboxylic acids is 1. The number of hydrogen-bond donors (Lipinski definition) is 1. The Balaban J connectivity index is 2.07. The van der Waals surface area contributed by atoms with Crippen molar-refractivity contribution in [1.29, 1.82) is 0 Å². The van der Waals surface area contributed by atoms with Crippen molar-refractivity contribution in [2.24, 2.45) is 0 Å². The molecule has 1 fully saturated rings. The lowest BCUT2D eigenvalue weighted by Gasteiger charge is -2.04. The van der Waals surface area contributed by atoms with Crippen LogP contribution in [0.1, 0.15) is 12.8 Å². The molecule has 1 aliphatic heterocycles. The lowest BCUT2D eigenvalue weighted by molar-refractivity contribution is -0.139. The molecule has 0 saturated carbocycles. The highest BCUT2D eigenvalue weighted by Crippen LogP contribution is 2.09. The third-order valence-electron chi connectivity index (χ3n) is 1.28. The Bertz CT molecular complexity index is 117. The van der Waals surface area contributed by atoms with Crippen molar-refractivity contribution in [3.05, 3.63) is 0 Å². The van der Waals surface area contributed by atoms with Crippen LogP contribution in [-0.4, -0.2) is 30.6 Å². The van der Waals surface area contributed by atoms with E-state index in [9.17, 15) is 4.79 Å². The van der Waals surface area contributed by atoms with Crippen LogP contribution in [0.15, 0.2) is 0 Å². The Hall–Kier alpha value is -0.610. The number of carbonyl (C=O) groups is 1. The molecular formula is C6H10O4. The van der Waals surface area contributed by atoms with Crippen LogP contribution in [0, 0.1) is 0 Å². The van der Waals surface area contributed by atoms with E-state index in [0.29, 0.717) is 19.6 Å². The smallest absolute Gasteiger partial charge is 0.303 e. The maximum Gasteiger partial charge on any atom is 0.303 e. The molecule has 0 radical (unpaired) electrons. The summed E-state index contributed by atoms with van der Waals surface area (Å²) in [5.74, 6) is -0.806. The van der Waals surface area contributed by atoms with Crippen molar-refractivity contribution in [1.82, 2.24) is 0 Å².